The van der Waals surface area contributed by atoms with Crippen LogP contribution in [0.5, 0.6) is 5.75 Å². The van der Waals surface area contributed by atoms with Gasteiger partial charge in [0.25, 0.3) is 0 Å². The Kier molecular flexibility index (Phi) is 3.35. The van der Waals surface area contributed by atoms with E-state index in [2.05, 4.69) is 0 Å². The molecule has 4 nitrogen and oxygen atoms in total. The Bertz CT molecular complexity index is 532. The third kappa shape index (κ3) is 2.79. The average molecular weight is 251 g/mol. The Hall–Kier alpha value is -1.94. The van der Waals surface area contributed by atoms with Crippen molar-refractivity contribution >= 4 is 17.3 Å². The molecule has 0 spiro atoms. The molecule has 0 saturated carbocycles. The molecule has 0 aliphatic rings. The molecule has 2 N–H and O–H groups in total. The molecular weight excluding hydrogens is 240 g/mol. The van der Waals surface area contributed by atoms with Crippen LogP contribution in [0.25, 0.3) is 0 Å². The molecule has 88 valence electrons. The number of rotatable bonds is 3. The van der Waals surface area contributed by atoms with Crippen LogP contribution in [0, 0.1) is 5.21 Å². The zero-order chi connectivity index (χ0) is 12.3. The number of halogens is 1. The van der Waals surface area contributed by atoms with E-state index < -0.39 is 0 Å². The number of aromatic nitrogens is 1. The Morgan fingerprint density at radius 2 is 2.12 bits per heavy atom. The van der Waals surface area contributed by atoms with Gasteiger partial charge in [0.2, 0.25) is 5.69 Å². The van der Waals surface area contributed by atoms with E-state index in [1.165, 1.54) is 6.20 Å². The number of anilines is 1. The lowest BCUT2D eigenvalue weighted by atomic mass is 10.3. The van der Waals surface area contributed by atoms with Crippen LogP contribution in [0.2, 0.25) is 5.02 Å². The minimum absolute atomic E-state index is 0.161. The maximum absolute atomic E-state index is 11.4. The van der Waals surface area contributed by atoms with Gasteiger partial charge >= 0.3 is 0 Å². The largest absolute Gasteiger partial charge is 0.618 e. The number of benzene rings is 1. The Labute approximate surface area is 104 Å². The Morgan fingerprint density at radius 1 is 1.29 bits per heavy atom. The molecule has 2 aromatic rings. The minimum Gasteiger partial charge on any atom is -0.618 e. The highest BCUT2D eigenvalue weighted by atomic mass is 35.5. The Morgan fingerprint density at radius 3 is 2.82 bits per heavy atom. The summed E-state index contributed by atoms with van der Waals surface area (Å²) in [6, 6.07) is 10.1. The number of hydrogen-bond donors (Lipinski definition) is 1. The van der Waals surface area contributed by atoms with E-state index in [1.807, 2.05) is 0 Å². The van der Waals surface area contributed by atoms with Crippen LogP contribution < -0.4 is 15.2 Å². The van der Waals surface area contributed by atoms with Crippen molar-refractivity contribution in [2.45, 2.75) is 6.61 Å². The zero-order valence-corrected chi connectivity index (χ0v) is 9.72. The van der Waals surface area contributed by atoms with Crippen LogP contribution in [0.4, 0.5) is 5.69 Å². The van der Waals surface area contributed by atoms with E-state index in [4.69, 9.17) is 22.1 Å². The molecule has 0 unspecified atom stereocenters. The molecule has 0 saturated heterocycles. The Balaban J connectivity index is 2.10. The smallest absolute Gasteiger partial charge is 0.230 e. The molecule has 17 heavy (non-hydrogen) atoms. The lowest BCUT2D eigenvalue weighted by Crippen LogP contribution is -2.31. The highest BCUT2D eigenvalue weighted by molar-refractivity contribution is 6.32. The molecule has 0 aliphatic carbocycles. The molecule has 1 aromatic heterocycles. The summed E-state index contributed by atoms with van der Waals surface area (Å²) in [4.78, 5) is 0. The van der Waals surface area contributed by atoms with Gasteiger partial charge in [-0.25, -0.2) is 0 Å². The van der Waals surface area contributed by atoms with Crippen LogP contribution in [-0.4, -0.2) is 0 Å². The van der Waals surface area contributed by atoms with Crippen LogP contribution >= 0.6 is 11.6 Å². The summed E-state index contributed by atoms with van der Waals surface area (Å²) in [6.45, 7) is 0.161. The van der Waals surface area contributed by atoms with Gasteiger partial charge in [0, 0.05) is 17.8 Å². The number of nitrogens with zero attached hydrogens (tertiary/aromatic N) is 1. The van der Waals surface area contributed by atoms with Crippen molar-refractivity contribution in [1.82, 2.24) is 0 Å². The van der Waals surface area contributed by atoms with Crippen molar-refractivity contribution in [3.63, 3.8) is 0 Å². The van der Waals surface area contributed by atoms with Crippen molar-refractivity contribution in [2.75, 3.05) is 5.73 Å². The number of hydrogen-bond acceptors (Lipinski definition) is 3. The van der Waals surface area contributed by atoms with E-state index in [0.717, 1.165) is 4.73 Å². The number of nitrogens with two attached hydrogens (primary N) is 1. The average Bonchev–Trinajstić information content (AvgIpc) is 2.30. The first kappa shape index (κ1) is 11.5. The highest BCUT2D eigenvalue weighted by Gasteiger charge is 2.07. The van der Waals surface area contributed by atoms with Crippen molar-refractivity contribution in [2.24, 2.45) is 0 Å². The summed E-state index contributed by atoms with van der Waals surface area (Å²) in [7, 11) is 0. The third-order valence-electron chi connectivity index (χ3n) is 2.24. The van der Waals surface area contributed by atoms with E-state index in [0.29, 0.717) is 22.2 Å². The van der Waals surface area contributed by atoms with E-state index in [1.54, 1.807) is 36.4 Å². The molecular formula is C12H11ClN2O2. The normalized spacial score (nSPS) is 10.2. The predicted octanol–water partition coefficient (Wildman–Crippen LogP) is 2.13. The highest BCUT2D eigenvalue weighted by Crippen LogP contribution is 2.26. The summed E-state index contributed by atoms with van der Waals surface area (Å²) in [5, 5.41) is 11.8. The van der Waals surface area contributed by atoms with Crippen molar-refractivity contribution in [3.8, 4) is 5.75 Å². The number of pyridine rings is 1. The second-order valence-electron chi connectivity index (χ2n) is 3.50. The first-order chi connectivity index (χ1) is 8.16. The van der Waals surface area contributed by atoms with Crippen LogP contribution in [0.3, 0.4) is 0 Å². The monoisotopic (exact) mass is 250 g/mol. The van der Waals surface area contributed by atoms with Gasteiger partial charge in [-0.3, -0.25) is 0 Å². The predicted molar refractivity (Wildman–Crippen MR) is 65.6 cm³/mol. The van der Waals surface area contributed by atoms with Gasteiger partial charge < -0.3 is 15.7 Å². The fourth-order valence-electron chi connectivity index (χ4n) is 1.36. The number of nitrogen functional groups attached to an aromatic ring is 1. The standard InChI is InChI=1S/C12H11ClN2O2/c13-11-7-9(14)4-5-12(11)17-8-10-3-1-2-6-15(10)16/h1-7H,8,14H2. The lowest BCUT2D eigenvalue weighted by molar-refractivity contribution is -0.616. The summed E-state index contributed by atoms with van der Waals surface area (Å²) in [5.41, 5.74) is 6.65. The minimum atomic E-state index is 0.161. The van der Waals surface area contributed by atoms with Crippen LogP contribution in [0.15, 0.2) is 42.6 Å². The van der Waals surface area contributed by atoms with Crippen LogP contribution in [-0.2, 0) is 6.61 Å². The summed E-state index contributed by atoms with van der Waals surface area (Å²) in [5.74, 6) is 0.504. The zero-order valence-electron chi connectivity index (χ0n) is 8.97. The van der Waals surface area contributed by atoms with Gasteiger partial charge in [-0.05, 0) is 24.3 Å². The third-order valence-corrected chi connectivity index (χ3v) is 2.53. The van der Waals surface area contributed by atoms with Gasteiger partial charge in [-0.15, -0.1) is 0 Å². The topological polar surface area (TPSA) is 62.2 Å². The fourth-order valence-corrected chi connectivity index (χ4v) is 1.60. The molecule has 0 radical (unpaired) electrons. The van der Waals surface area contributed by atoms with E-state index in [9.17, 15) is 5.21 Å². The maximum Gasteiger partial charge on any atom is 0.230 e. The molecule has 5 heteroatoms. The van der Waals surface area contributed by atoms with Gasteiger partial charge in [-0.1, -0.05) is 11.6 Å². The van der Waals surface area contributed by atoms with E-state index in [-0.39, 0.29) is 6.61 Å². The summed E-state index contributed by atoms with van der Waals surface area (Å²) < 4.78 is 6.21. The maximum atomic E-state index is 11.4. The van der Waals surface area contributed by atoms with Gasteiger partial charge in [0.05, 0.1) is 5.02 Å². The second kappa shape index (κ2) is 4.93. The lowest BCUT2D eigenvalue weighted by Gasteiger charge is -2.08. The first-order valence-corrected chi connectivity index (χ1v) is 5.39. The molecule has 0 fully saturated rings. The van der Waals surface area contributed by atoms with Gasteiger partial charge in [-0.2, -0.15) is 4.73 Å². The second-order valence-corrected chi connectivity index (χ2v) is 3.90. The molecule has 1 heterocycles. The summed E-state index contributed by atoms with van der Waals surface area (Å²) in [6.07, 6.45) is 1.42. The molecule has 0 bridgehead atoms. The SMILES string of the molecule is Nc1ccc(OCc2cccc[n+]2[O-])c(Cl)c1. The molecule has 1 aromatic carbocycles. The molecule has 2 rings (SSSR count). The summed E-state index contributed by atoms with van der Waals surface area (Å²) >= 11 is 5.95. The number of ether oxygens (including phenoxy) is 1. The molecule has 0 atom stereocenters. The molecule has 0 aliphatic heterocycles. The van der Waals surface area contributed by atoms with Crippen LogP contribution in [0.1, 0.15) is 5.69 Å². The van der Waals surface area contributed by atoms with Crippen molar-refractivity contribution in [1.29, 1.82) is 0 Å². The van der Waals surface area contributed by atoms with Gasteiger partial charge in [0.15, 0.2) is 12.8 Å². The van der Waals surface area contributed by atoms with E-state index >= 15 is 0 Å². The first-order valence-electron chi connectivity index (χ1n) is 5.02. The van der Waals surface area contributed by atoms with Crippen molar-refractivity contribution in [3.05, 3.63) is 58.5 Å². The van der Waals surface area contributed by atoms with Gasteiger partial charge in [0.1, 0.15) is 5.75 Å². The van der Waals surface area contributed by atoms with Crippen molar-refractivity contribution < 1.29 is 9.47 Å². The molecule has 0 amide bonds. The fraction of sp³-hybridized carbons (Fsp3) is 0.0833. The quantitative estimate of drug-likeness (QED) is 0.516.